The van der Waals surface area contributed by atoms with Crippen molar-refractivity contribution in [1.82, 2.24) is 4.90 Å². The Morgan fingerprint density at radius 3 is 2.55 bits per heavy atom. The lowest BCUT2D eigenvalue weighted by molar-refractivity contribution is -0.151. The number of carbonyl (C=O) groups excluding carboxylic acids is 2. The summed E-state index contributed by atoms with van der Waals surface area (Å²) in [6, 6.07) is 6.01. The summed E-state index contributed by atoms with van der Waals surface area (Å²) in [6.45, 7) is 3.41. The highest BCUT2D eigenvalue weighted by molar-refractivity contribution is 6.02. The van der Waals surface area contributed by atoms with Gasteiger partial charge in [0.25, 0.3) is 0 Å². The van der Waals surface area contributed by atoms with Gasteiger partial charge in [-0.05, 0) is 32.0 Å². The quantitative estimate of drug-likeness (QED) is 0.789. The Balaban J connectivity index is 2.17. The summed E-state index contributed by atoms with van der Waals surface area (Å²) >= 11 is 0. The van der Waals surface area contributed by atoms with Crippen LogP contribution in [-0.4, -0.2) is 33.5 Å². The van der Waals surface area contributed by atoms with Crippen molar-refractivity contribution in [2.75, 3.05) is 0 Å². The third-order valence-electron chi connectivity index (χ3n) is 4.21. The molecule has 1 fully saturated rings. The number of hydrogen-bond donors (Lipinski definition) is 1. The fraction of sp³-hybridized carbons (Fsp3) is 0.438. The molecule has 0 saturated carbocycles. The number of imide groups is 1. The zero-order valence-corrected chi connectivity index (χ0v) is 12.4. The van der Waals surface area contributed by atoms with E-state index >= 15 is 0 Å². The first kappa shape index (κ1) is 14.5. The minimum absolute atomic E-state index is 0.149. The third-order valence-corrected chi connectivity index (χ3v) is 4.21. The normalized spacial score (nSPS) is 26.4. The van der Waals surface area contributed by atoms with Crippen LogP contribution in [0.5, 0.6) is 5.75 Å². The summed E-state index contributed by atoms with van der Waals surface area (Å²) in [5.41, 5.74) is -0.0672. The lowest BCUT2D eigenvalue weighted by Crippen LogP contribution is -2.54. The molecule has 0 aliphatic carbocycles. The first-order chi connectivity index (χ1) is 10.3. The van der Waals surface area contributed by atoms with E-state index in [4.69, 9.17) is 10.00 Å². The zero-order valence-electron chi connectivity index (χ0n) is 12.4. The lowest BCUT2D eigenvalue weighted by Gasteiger charge is -2.44. The molecular weight excluding hydrogens is 284 g/mol. The average molecular weight is 300 g/mol. The van der Waals surface area contributed by atoms with Gasteiger partial charge in [0.1, 0.15) is 17.5 Å². The number of amides is 2. The number of carbonyl (C=O) groups is 2. The number of likely N-dealkylation sites (tertiary alicyclic amines) is 1. The summed E-state index contributed by atoms with van der Waals surface area (Å²) in [4.78, 5) is 25.3. The maximum absolute atomic E-state index is 12.1. The number of fused-ring (bicyclic) bond motifs is 1. The van der Waals surface area contributed by atoms with Gasteiger partial charge in [-0.3, -0.25) is 14.5 Å². The summed E-state index contributed by atoms with van der Waals surface area (Å²) in [6.07, 6.45) is -0.771. The number of benzene rings is 1. The second kappa shape index (κ2) is 4.82. The molecule has 0 radical (unpaired) electrons. The molecule has 3 rings (SSSR count). The van der Waals surface area contributed by atoms with Crippen LogP contribution in [0, 0.1) is 11.3 Å². The SMILES string of the molecule is CC1(C)Oc2ccc(C#N)cc2[C@H](N2C(=O)CCC2=O)[C@H]1O. The molecular formula is C16H16N2O4. The van der Waals surface area contributed by atoms with Gasteiger partial charge in [0.2, 0.25) is 11.8 Å². The Kier molecular flexibility index (Phi) is 3.18. The van der Waals surface area contributed by atoms with Crippen LogP contribution in [0.3, 0.4) is 0 Å². The Bertz CT molecular complexity index is 689. The molecule has 114 valence electrons. The highest BCUT2D eigenvalue weighted by atomic mass is 16.5. The maximum atomic E-state index is 12.1. The van der Waals surface area contributed by atoms with Crippen LogP contribution in [-0.2, 0) is 9.59 Å². The van der Waals surface area contributed by atoms with Crippen LogP contribution in [0.4, 0.5) is 0 Å². The monoisotopic (exact) mass is 300 g/mol. The molecule has 2 aliphatic heterocycles. The third kappa shape index (κ3) is 2.06. The summed E-state index contributed by atoms with van der Waals surface area (Å²) in [5.74, 6) is -0.132. The van der Waals surface area contributed by atoms with E-state index in [1.54, 1.807) is 32.0 Å². The van der Waals surface area contributed by atoms with Crippen LogP contribution in [0.25, 0.3) is 0 Å². The number of rotatable bonds is 1. The standard InChI is InChI=1S/C16H16N2O4/c1-16(2)15(21)14(18-12(19)5-6-13(18)20)10-7-9(8-17)3-4-11(10)22-16/h3-4,7,14-15,21H,5-6H2,1-2H3/t14-,15+/m0/s1. The topological polar surface area (TPSA) is 90.6 Å². The predicted molar refractivity (Wildman–Crippen MR) is 75.7 cm³/mol. The first-order valence-electron chi connectivity index (χ1n) is 7.11. The number of aliphatic hydroxyl groups excluding tert-OH is 1. The second-order valence-corrected chi connectivity index (χ2v) is 6.12. The van der Waals surface area contributed by atoms with Gasteiger partial charge >= 0.3 is 0 Å². The van der Waals surface area contributed by atoms with E-state index in [1.807, 2.05) is 6.07 Å². The van der Waals surface area contributed by atoms with Crippen molar-refractivity contribution >= 4 is 11.8 Å². The van der Waals surface area contributed by atoms with Gasteiger partial charge in [0.15, 0.2) is 0 Å². The molecule has 0 aromatic heterocycles. The highest BCUT2D eigenvalue weighted by Crippen LogP contribution is 2.44. The largest absolute Gasteiger partial charge is 0.485 e. The van der Waals surface area contributed by atoms with Crippen molar-refractivity contribution in [3.8, 4) is 11.8 Å². The molecule has 0 spiro atoms. The van der Waals surface area contributed by atoms with Crippen molar-refractivity contribution in [2.24, 2.45) is 0 Å². The Morgan fingerprint density at radius 1 is 1.32 bits per heavy atom. The summed E-state index contributed by atoms with van der Waals surface area (Å²) < 4.78 is 5.78. The van der Waals surface area contributed by atoms with Crippen molar-refractivity contribution in [1.29, 1.82) is 5.26 Å². The van der Waals surface area contributed by atoms with Crippen molar-refractivity contribution in [3.05, 3.63) is 29.3 Å². The maximum Gasteiger partial charge on any atom is 0.230 e. The van der Waals surface area contributed by atoms with Crippen molar-refractivity contribution in [2.45, 2.75) is 44.4 Å². The van der Waals surface area contributed by atoms with E-state index in [9.17, 15) is 14.7 Å². The fourth-order valence-electron chi connectivity index (χ4n) is 3.02. The predicted octanol–water partition coefficient (Wildman–Crippen LogP) is 1.28. The highest BCUT2D eigenvalue weighted by Gasteiger charge is 2.49. The van der Waals surface area contributed by atoms with Crippen LogP contribution in [0.2, 0.25) is 0 Å². The molecule has 22 heavy (non-hydrogen) atoms. The minimum Gasteiger partial charge on any atom is -0.485 e. The molecule has 6 nitrogen and oxygen atoms in total. The Morgan fingerprint density at radius 2 is 1.95 bits per heavy atom. The molecule has 1 N–H and O–H groups in total. The summed E-state index contributed by atoms with van der Waals surface area (Å²) in [7, 11) is 0. The second-order valence-electron chi connectivity index (χ2n) is 6.12. The Hall–Kier alpha value is -2.39. The van der Waals surface area contributed by atoms with Gasteiger partial charge in [-0.2, -0.15) is 5.26 Å². The van der Waals surface area contributed by atoms with Gasteiger partial charge in [0, 0.05) is 18.4 Å². The van der Waals surface area contributed by atoms with Gasteiger partial charge in [-0.25, -0.2) is 0 Å². The molecule has 0 unspecified atom stereocenters. The van der Waals surface area contributed by atoms with E-state index < -0.39 is 17.7 Å². The first-order valence-corrected chi connectivity index (χ1v) is 7.11. The number of nitriles is 1. The van der Waals surface area contributed by atoms with Crippen LogP contribution in [0.1, 0.15) is 43.9 Å². The van der Waals surface area contributed by atoms with E-state index in [0.717, 1.165) is 4.90 Å². The van der Waals surface area contributed by atoms with E-state index in [0.29, 0.717) is 16.9 Å². The molecule has 6 heteroatoms. The molecule has 2 atom stereocenters. The van der Waals surface area contributed by atoms with Gasteiger partial charge in [-0.15, -0.1) is 0 Å². The molecule has 2 aliphatic rings. The number of ether oxygens (including phenoxy) is 1. The lowest BCUT2D eigenvalue weighted by atomic mass is 9.85. The van der Waals surface area contributed by atoms with E-state index in [-0.39, 0.29) is 24.7 Å². The average Bonchev–Trinajstić information content (AvgIpc) is 2.80. The number of nitrogens with zero attached hydrogens (tertiary/aromatic N) is 2. The number of hydrogen-bond acceptors (Lipinski definition) is 5. The molecule has 1 saturated heterocycles. The smallest absolute Gasteiger partial charge is 0.230 e. The van der Waals surface area contributed by atoms with Crippen LogP contribution in [0.15, 0.2) is 18.2 Å². The van der Waals surface area contributed by atoms with Gasteiger partial charge in [-0.1, -0.05) is 0 Å². The molecule has 0 bridgehead atoms. The fourth-order valence-corrected chi connectivity index (χ4v) is 3.02. The minimum atomic E-state index is -1.07. The van der Waals surface area contributed by atoms with Gasteiger partial charge < -0.3 is 9.84 Å². The molecule has 1 aromatic carbocycles. The Labute approximate surface area is 127 Å². The van der Waals surface area contributed by atoms with E-state index in [1.165, 1.54) is 0 Å². The van der Waals surface area contributed by atoms with Crippen LogP contribution < -0.4 is 4.74 Å². The van der Waals surface area contributed by atoms with E-state index in [2.05, 4.69) is 0 Å². The van der Waals surface area contributed by atoms with Crippen molar-refractivity contribution < 1.29 is 19.4 Å². The molecule has 2 heterocycles. The van der Waals surface area contributed by atoms with Gasteiger partial charge in [0.05, 0.1) is 17.7 Å². The number of aliphatic hydroxyl groups is 1. The van der Waals surface area contributed by atoms with Crippen molar-refractivity contribution in [3.63, 3.8) is 0 Å². The van der Waals surface area contributed by atoms with Crippen LogP contribution >= 0.6 is 0 Å². The molecule has 2 amide bonds. The molecule has 1 aromatic rings. The zero-order chi connectivity index (χ0) is 16.1. The summed E-state index contributed by atoms with van der Waals surface area (Å²) in [5, 5.41) is 19.7.